The monoisotopic (exact) mass is 390 g/mol. The van der Waals surface area contributed by atoms with Crippen molar-refractivity contribution in [3.05, 3.63) is 71.9 Å². The van der Waals surface area contributed by atoms with Crippen LogP contribution in [-0.2, 0) is 6.42 Å². The lowest BCUT2D eigenvalue weighted by Crippen LogP contribution is -2.25. The molecule has 0 radical (unpaired) electrons. The van der Waals surface area contributed by atoms with E-state index in [-0.39, 0.29) is 5.91 Å². The minimum Gasteiger partial charge on any atom is -0.497 e. The fourth-order valence-electron chi connectivity index (χ4n) is 2.83. The molecule has 0 aliphatic carbocycles. The average Bonchev–Trinajstić information content (AvgIpc) is 2.78. The van der Waals surface area contributed by atoms with Crippen LogP contribution in [0.2, 0.25) is 0 Å². The quantitative estimate of drug-likeness (QED) is 0.579. The second-order valence-electron chi connectivity index (χ2n) is 6.61. The summed E-state index contributed by atoms with van der Waals surface area (Å²) in [6, 6.07) is 19.3. The van der Waals surface area contributed by atoms with E-state index in [0.29, 0.717) is 30.4 Å². The van der Waals surface area contributed by atoms with E-state index in [1.165, 1.54) is 5.56 Å². The molecule has 3 rings (SSSR count). The predicted octanol–water partition coefficient (Wildman–Crippen LogP) is 3.95. The fourth-order valence-corrected chi connectivity index (χ4v) is 2.83. The first-order valence-corrected chi connectivity index (χ1v) is 9.79. The first-order chi connectivity index (χ1) is 14.2. The van der Waals surface area contributed by atoms with Crippen molar-refractivity contribution in [3.8, 4) is 17.1 Å². The van der Waals surface area contributed by atoms with Crippen molar-refractivity contribution in [2.75, 3.05) is 25.5 Å². The summed E-state index contributed by atoms with van der Waals surface area (Å²) in [7, 11) is 1.66. The molecule has 0 aliphatic rings. The number of rotatable bonds is 9. The second kappa shape index (κ2) is 10.2. The van der Waals surface area contributed by atoms with E-state index in [9.17, 15) is 4.79 Å². The van der Waals surface area contributed by atoms with Crippen molar-refractivity contribution in [2.24, 2.45) is 0 Å². The smallest absolute Gasteiger partial charge is 0.270 e. The van der Waals surface area contributed by atoms with Gasteiger partial charge in [-0.25, -0.2) is 9.97 Å². The molecule has 2 aromatic carbocycles. The Morgan fingerprint density at radius 1 is 1.00 bits per heavy atom. The molecular formula is C23H26N4O2. The van der Waals surface area contributed by atoms with Gasteiger partial charge in [0.05, 0.1) is 7.11 Å². The number of anilines is 1. The van der Waals surface area contributed by atoms with Crippen molar-refractivity contribution in [1.29, 1.82) is 0 Å². The Kier molecular flexibility index (Phi) is 7.16. The zero-order chi connectivity index (χ0) is 20.5. The number of nitrogens with one attached hydrogen (secondary N) is 2. The molecule has 2 N–H and O–H groups in total. The number of benzene rings is 2. The third-order valence-corrected chi connectivity index (χ3v) is 4.41. The highest BCUT2D eigenvalue weighted by molar-refractivity contribution is 5.93. The predicted molar refractivity (Wildman–Crippen MR) is 115 cm³/mol. The molecule has 0 atom stereocenters. The summed E-state index contributed by atoms with van der Waals surface area (Å²) < 4.78 is 5.19. The zero-order valence-corrected chi connectivity index (χ0v) is 16.8. The van der Waals surface area contributed by atoms with Crippen molar-refractivity contribution in [1.82, 2.24) is 15.3 Å². The van der Waals surface area contributed by atoms with Crippen LogP contribution in [-0.4, -0.2) is 36.1 Å². The maximum atomic E-state index is 12.5. The Labute approximate surface area is 171 Å². The highest BCUT2D eigenvalue weighted by atomic mass is 16.5. The molecule has 0 saturated heterocycles. The highest BCUT2D eigenvalue weighted by Gasteiger charge is 2.12. The molecule has 0 saturated carbocycles. The third kappa shape index (κ3) is 5.78. The molecule has 150 valence electrons. The topological polar surface area (TPSA) is 76.1 Å². The maximum Gasteiger partial charge on any atom is 0.270 e. The Balaban J connectivity index is 1.75. The molecule has 6 heteroatoms. The lowest BCUT2D eigenvalue weighted by molar-refractivity contribution is 0.0948. The molecule has 1 aromatic heterocycles. The Hall–Kier alpha value is -3.41. The van der Waals surface area contributed by atoms with E-state index < -0.39 is 0 Å². The van der Waals surface area contributed by atoms with Crippen LogP contribution in [0.1, 0.15) is 29.4 Å². The van der Waals surface area contributed by atoms with Gasteiger partial charge in [-0.2, -0.15) is 0 Å². The Bertz CT molecular complexity index is 927. The van der Waals surface area contributed by atoms with Crippen molar-refractivity contribution < 1.29 is 9.53 Å². The minimum absolute atomic E-state index is 0.190. The third-order valence-electron chi connectivity index (χ3n) is 4.41. The summed E-state index contributed by atoms with van der Waals surface area (Å²) in [5, 5.41) is 6.20. The zero-order valence-electron chi connectivity index (χ0n) is 16.8. The van der Waals surface area contributed by atoms with Crippen LogP contribution in [0.5, 0.6) is 5.75 Å². The number of carbonyl (C=O) groups excluding carboxylic acids is 1. The molecule has 0 aliphatic heterocycles. The van der Waals surface area contributed by atoms with Crippen LogP contribution in [0.4, 0.5) is 5.82 Å². The summed E-state index contributed by atoms with van der Waals surface area (Å²) in [6.07, 6.45) is 1.70. The van der Waals surface area contributed by atoms with E-state index in [0.717, 1.165) is 24.2 Å². The first kappa shape index (κ1) is 20.3. The van der Waals surface area contributed by atoms with Gasteiger partial charge in [0.15, 0.2) is 5.82 Å². The van der Waals surface area contributed by atoms with E-state index in [2.05, 4.69) is 20.6 Å². The number of aromatic nitrogens is 2. The number of hydrogen-bond donors (Lipinski definition) is 2. The number of nitrogens with zero attached hydrogens (tertiary/aromatic N) is 2. The van der Waals surface area contributed by atoms with Gasteiger partial charge in [0.25, 0.3) is 5.91 Å². The van der Waals surface area contributed by atoms with Gasteiger partial charge < -0.3 is 15.4 Å². The average molecular weight is 390 g/mol. The van der Waals surface area contributed by atoms with Gasteiger partial charge >= 0.3 is 0 Å². The van der Waals surface area contributed by atoms with Crippen LogP contribution in [0.15, 0.2) is 60.7 Å². The fraction of sp³-hybridized carbons (Fsp3) is 0.261. The molecule has 29 heavy (non-hydrogen) atoms. The molecule has 0 spiro atoms. The van der Waals surface area contributed by atoms with Crippen LogP contribution in [0.3, 0.4) is 0 Å². The van der Waals surface area contributed by atoms with Gasteiger partial charge in [-0.1, -0.05) is 49.4 Å². The van der Waals surface area contributed by atoms with Crippen LogP contribution in [0.25, 0.3) is 11.4 Å². The van der Waals surface area contributed by atoms with Gasteiger partial charge in [0, 0.05) is 24.7 Å². The first-order valence-electron chi connectivity index (χ1n) is 9.79. The van der Waals surface area contributed by atoms with Crippen LogP contribution < -0.4 is 15.4 Å². The molecular weight excluding hydrogens is 364 g/mol. The summed E-state index contributed by atoms with van der Waals surface area (Å²) in [5.74, 6) is 1.81. The van der Waals surface area contributed by atoms with Gasteiger partial charge in [0.1, 0.15) is 17.3 Å². The number of amides is 1. The normalized spacial score (nSPS) is 10.4. The van der Waals surface area contributed by atoms with Gasteiger partial charge in [0.2, 0.25) is 0 Å². The molecule has 3 aromatic rings. The van der Waals surface area contributed by atoms with E-state index in [1.54, 1.807) is 13.2 Å². The maximum absolute atomic E-state index is 12.5. The number of carbonyl (C=O) groups is 1. The van der Waals surface area contributed by atoms with E-state index in [1.807, 2.05) is 61.5 Å². The Morgan fingerprint density at radius 2 is 1.76 bits per heavy atom. The lowest BCUT2D eigenvalue weighted by atomic mass is 10.1. The Morgan fingerprint density at radius 3 is 2.45 bits per heavy atom. The minimum atomic E-state index is -0.190. The van der Waals surface area contributed by atoms with Crippen LogP contribution >= 0.6 is 0 Å². The molecule has 0 bridgehead atoms. The molecule has 6 nitrogen and oxygen atoms in total. The standard InChI is InChI=1S/C23H26N4O2/c1-3-14-25-23(28)20-16-21(27-22(26-20)18-7-5-4-6-8-18)24-15-13-17-9-11-19(29-2)12-10-17/h4-12,16H,3,13-15H2,1-2H3,(H,25,28)(H,24,26,27). The lowest BCUT2D eigenvalue weighted by Gasteiger charge is -2.11. The van der Waals surface area contributed by atoms with Gasteiger partial charge in [-0.15, -0.1) is 0 Å². The number of methoxy groups -OCH3 is 1. The van der Waals surface area contributed by atoms with E-state index in [4.69, 9.17) is 4.74 Å². The summed E-state index contributed by atoms with van der Waals surface area (Å²) >= 11 is 0. The highest BCUT2D eigenvalue weighted by Crippen LogP contribution is 2.18. The molecule has 1 heterocycles. The molecule has 1 amide bonds. The van der Waals surface area contributed by atoms with E-state index >= 15 is 0 Å². The second-order valence-corrected chi connectivity index (χ2v) is 6.61. The SMILES string of the molecule is CCCNC(=O)c1cc(NCCc2ccc(OC)cc2)nc(-c2ccccc2)n1. The number of hydrogen-bond acceptors (Lipinski definition) is 5. The molecule has 0 fully saturated rings. The van der Waals surface area contributed by atoms with Gasteiger partial charge in [-0.3, -0.25) is 4.79 Å². The van der Waals surface area contributed by atoms with Crippen molar-refractivity contribution in [3.63, 3.8) is 0 Å². The number of ether oxygens (including phenoxy) is 1. The van der Waals surface area contributed by atoms with Crippen LogP contribution in [0, 0.1) is 0 Å². The van der Waals surface area contributed by atoms with Crippen molar-refractivity contribution >= 4 is 11.7 Å². The largest absolute Gasteiger partial charge is 0.497 e. The molecule has 0 unspecified atom stereocenters. The van der Waals surface area contributed by atoms with Crippen molar-refractivity contribution in [2.45, 2.75) is 19.8 Å². The summed E-state index contributed by atoms with van der Waals surface area (Å²) in [6.45, 7) is 3.32. The van der Waals surface area contributed by atoms with Gasteiger partial charge in [-0.05, 0) is 30.5 Å². The summed E-state index contributed by atoms with van der Waals surface area (Å²) in [4.78, 5) is 21.5. The summed E-state index contributed by atoms with van der Waals surface area (Å²) in [5.41, 5.74) is 2.42.